The Morgan fingerprint density at radius 1 is 1.11 bits per heavy atom. The molecule has 10 heteroatoms. The summed E-state index contributed by atoms with van der Waals surface area (Å²) in [6.45, 7) is 7.52. The molecule has 3 heterocycles. The van der Waals surface area contributed by atoms with Crippen LogP contribution in [0.15, 0.2) is 42.7 Å². The van der Waals surface area contributed by atoms with Gasteiger partial charge in [0.25, 0.3) is 11.6 Å². The summed E-state index contributed by atoms with van der Waals surface area (Å²) in [5.74, 6) is 0.0431. The van der Waals surface area contributed by atoms with Gasteiger partial charge in [0.1, 0.15) is 5.75 Å². The number of halogens is 2. The second kappa shape index (κ2) is 12.4. The number of hydrogen-bond donors (Lipinski definition) is 0. The highest BCUT2D eigenvalue weighted by Gasteiger charge is 2.42. The molecular formula is C28H37F2N4O3P. The van der Waals surface area contributed by atoms with Crippen LogP contribution in [0.4, 0.5) is 14.5 Å². The molecule has 3 unspecified atom stereocenters. The number of rotatable bonds is 8. The maximum absolute atomic E-state index is 14.2. The number of anilines is 1. The van der Waals surface area contributed by atoms with Gasteiger partial charge in [-0.2, -0.15) is 8.78 Å². The summed E-state index contributed by atoms with van der Waals surface area (Å²) in [5, 5.41) is 0. The van der Waals surface area contributed by atoms with E-state index < -0.39 is 11.6 Å². The van der Waals surface area contributed by atoms with Gasteiger partial charge in [-0.3, -0.25) is 14.6 Å². The number of carbonyl (C=O) groups excluding carboxylic acids is 2. The summed E-state index contributed by atoms with van der Waals surface area (Å²) in [4.78, 5) is 37.1. The molecule has 2 saturated heterocycles. The van der Waals surface area contributed by atoms with Crippen molar-refractivity contribution in [1.82, 2.24) is 14.8 Å². The first-order valence-corrected chi connectivity index (χ1v) is 14.0. The summed E-state index contributed by atoms with van der Waals surface area (Å²) in [7, 11) is 1.50. The molecule has 0 aliphatic carbocycles. The van der Waals surface area contributed by atoms with Crippen LogP contribution >= 0.6 is 9.24 Å². The number of piperidine rings is 1. The highest BCUT2D eigenvalue weighted by molar-refractivity contribution is 7.17. The van der Waals surface area contributed by atoms with E-state index in [1.54, 1.807) is 4.90 Å². The first-order chi connectivity index (χ1) is 18.3. The van der Waals surface area contributed by atoms with Crippen molar-refractivity contribution in [2.24, 2.45) is 5.92 Å². The average molecular weight is 547 g/mol. The number of hydrogen-bond acceptors (Lipinski definition) is 5. The molecule has 2 amide bonds. The normalized spacial score (nSPS) is 20.4. The minimum absolute atomic E-state index is 0.0430. The van der Waals surface area contributed by atoms with E-state index in [-0.39, 0.29) is 29.0 Å². The van der Waals surface area contributed by atoms with Crippen LogP contribution in [0.5, 0.6) is 5.75 Å². The number of ether oxygens (including phenoxy) is 1. The maximum Gasteiger partial charge on any atom is 0.284 e. The van der Waals surface area contributed by atoms with Crippen LogP contribution in [0.25, 0.3) is 0 Å². The standard InChI is InChI=1S/C28H37F2N4O3P/c1-3-8-23-20(9-7-14-34(23)27(36)21-19-31-13-12-22(21)28(29,30)38)26(35)33-17-15-32(16-18-33)24-10-5-6-11-25(24)37-4-2/h5-6,10-13,19-20,23H,3-4,7-9,14-18,38H2,1-2H3. The Hall–Kier alpha value is -2.80. The van der Waals surface area contributed by atoms with E-state index in [0.717, 1.165) is 17.9 Å². The summed E-state index contributed by atoms with van der Waals surface area (Å²) in [6.07, 6.45) is 5.22. The molecule has 4 rings (SSSR count). The van der Waals surface area contributed by atoms with Crippen LogP contribution in [-0.4, -0.2) is 72.0 Å². The van der Waals surface area contributed by atoms with Crippen LogP contribution in [-0.2, 0) is 10.5 Å². The fourth-order valence-corrected chi connectivity index (χ4v) is 5.91. The Balaban J connectivity index is 1.49. The van der Waals surface area contributed by atoms with Gasteiger partial charge in [0.15, 0.2) is 0 Å². The molecule has 7 nitrogen and oxygen atoms in total. The van der Waals surface area contributed by atoms with Crippen molar-refractivity contribution in [2.75, 3.05) is 44.2 Å². The highest BCUT2D eigenvalue weighted by atomic mass is 31.0. The van der Waals surface area contributed by atoms with E-state index in [0.29, 0.717) is 58.6 Å². The van der Waals surface area contributed by atoms with Crippen LogP contribution in [0, 0.1) is 5.92 Å². The van der Waals surface area contributed by atoms with Gasteiger partial charge in [-0.1, -0.05) is 34.7 Å². The second-order valence-electron chi connectivity index (χ2n) is 9.86. The predicted molar refractivity (Wildman–Crippen MR) is 147 cm³/mol. The number of nitrogens with zero attached hydrogens (tertiary/aromatic N) is 4. The summed E-state index contributed by atoms with van der Waals surface area (Å²) in [6, 6.07) is 8.78. The summed E-state index contributed by atoms with van der Waals surface area (Å²) >= 11 is 0. The highest BCUT2D eigenvalue weighted by Crippen LogP contribution is 2.38. The average Bonchev–Trinajstić information content (AvgIpc) is 2.93. The Kier molecular flexibility index (Phi) is 9.19. The van der Waals surface area contributed by atoms with Gasteiger partial charge >= 0.3 is 0 Å². The number of piperazine rings is 1. The predicted octanol–water partition coefficient (Wildman–Crippen LogP) is 4.77. The third-order valence-corrected chi connectivity index (χ3v) is 7.76. The van der Waals surface area contributed by atoms with E-state index in [4.69, 9.17) is 4.74 Å². The first kappa shape index (κ1) is 28.2. The Morgan fingerprint density at radius 2 is 1.84 bits per heavy atom. The van der Waals surface area contributed by atoms with Gasteiger partial charge in [-0.25, -0.2) is 0 Å². The molecule has 0 bridgehead atoms. The van der Waals surface area contributed by atoms with Gasteiger partial charge in [-0.15, -0.1) is 0 Å². The van der Waals surface area contributed by atoms with Gasteiger partial charge in [0.2, 0.25) is 5.91 Å². The lowest BCUT2D eigenvalue weighted by Crippen LogP contribution is -2.56. The molecule has 38 heavy (non-hydrogen) atoms. The van der Waals surface area contributed by atoms with E-state index in [2.05, 4.69) is 9.88 Å². The molecule has 0 saturated carbocycles. The maximum atomic E-state index is 14.2. The SMILES string of the molecule is CCCC1C(C(=O)N2CCN(c3ccccc3OCC)CC2)CCCN1C(=O)c1cnccc1C(F)(F)P. The second-order valence-corrected chi connectivity index (χ2v) is 10.6. The number of likely N-dealkylation sites (tertiary alicyclic amines) is 1. The molecule has 3 atom stereocenters. The fourth-order valence-electron chi connectivity index (χ4n) is 5.66. The molecule has 2 fully saturated rings. The van der Waals surface area contributed by atoms with Gasteiger partial charge < -0.3 is 19.4 Å². The van der Waals surface area contributed by atoms with E-state index in [1.807, 2.05) is 43.0 Å². The zero-order valence-corrected chi connectivity index (χ0v) is 23.3. The lowest BCUT2D eigenvalue weighted by molar-refractivity contribution is -0.139. The van der Waals surface area contributed by atoms with Crippen molar-refractivity contribution in [3.63, 3.8) is 0 Å². The quantitative estimate of drug-likeness (QED) is 0.446. The third-order valence-electron chi connectivity index (χ3n) is 7.45. The lowest BCUT2D eigenvalue weighted by Gasteiger charge is -2.44. The van der Waals surface area contributed by atoms with Crippen LogP contribution < -0.4 is 9.64 Å². The topological polar surface area (TPSA) is 66.0 Å². The monoisotopic (exact) mass is 546 g/mol. The Morgan fingerprint density at radius 3 is 2.53 bits per heavy atom. The van der Waals surface area contributed by atoms with Crippen molar-refractivity contribution in [3.8, 4) is 5.75 Å². The van der Waals surface area contributed by atoms with Crippen LogP contribution in [0.3, 0.4) is 0 Å². The zero-order valence-electron chi connectivity index (χ0n) is 22.1. The number of para-hydroxylation sites is 2. The number of benzene rings is 1. The molecule has 2 aromatic rings. The molecule has 0 spiro atoms. The van der Waals surface area contributed by atoms with Crippen molar-refractivity contribution >= 4 is 26.7 Å². The minimum Gasteiger partial charge on any atom is -0.492 e. The number of aromatic nitrogens is 1. The van der Waals surface area contributed by atoms with E-state index in [9.17, 15) is 18.4 Å². The van der Waals surface area contributed by atoms with Crippen molar-refractivity contribution in [1.29, 1.82) is 0 Å². The van der Waals surface area contributed by atoms with Gasteiger partial charge in [0, 0.05) is 56.7 Å². The van der Waals surface area contributed by atoms with Crippen molar-refractivity contribution in [2.45, 2.75) is 51.2 Å². The van der Waals surface area contributed by atoms with Gasteiger partial charge in [-0.05, 0) is 44.4 Å². The largest absolute Gasteiger partial charge is 0.492 e. The number of alkyl halides is 2. The third kappa shape index (κ3) is 6.09. The van der Waals surface area contributed by atoms with Crippen molar-refractivity contribution < 1.29 is 23.1 Å². The van der Waals surface area contributed by atoms with Crippen molar-refractivity contribution in [3.05, 3.63) is 53.9 Å². The Labute approximate surface area is 225 Å². The molecule has 2 aliphatic heterocycles. The molecule has 206 valence electrons. The van der Waals surface area contributed by atoms with Crippen LogP contribution in [0.2, 0.25) is 0 Å². The molecule has 2 aliphatic rings. The van der Waals surface area contributed by atoms with E-state index >= 15 is 0 Å². The molecular weight excluding hydrogens is 509 g/mol. The molecule has 0 radical (unpaired) electrons. The summed E-state index contributed by atoms with van der Waals surface area (Å²) < 4.78 is 34.3. The molecule has 0 N–H and O–H groups in total. The fraction of sp³-hybridized carbons (Fsp3) is 0.536. The zero-order chi connectivity index (χ0) is 27.3. The number of amides is 2. The minimum atomic E-state index is -3.25. The molecule has 1 aromatic carbocycles. The Bertz CT molecular complexity index is 1120. The molecule has 1 aromatic heterocycles. The van der Waals surface area contributed by atoms with Crippen LogP contribution in [0.1, 0.15) is 55.5 Å². The summed E-state index contributed by atoms with van der Waals surface area (Å²) in [5.41, 5.74) is -2.70. The lowest BCUT2D eigenvalue weighted by atomic mass is 9.84. The van der Waals surface area contributed by atoms with Gasteiger partial charge in [0.05, 0.1) is 23.8 Å². The first-order valence-electron chi connectivity index (χ1n) is 13.4. The number of carbonyl (C=O) groups is 2. The van der Waals surface area contributed by atoms with E-state index in [1.165, 1.54) is 27.7 Å². The smallest absolute Gasteiger partial charge is 0.284 e. The number of pyridine rings is 1.